The molecule has 70 valence electrons. The zero-order valence-corrected chi connectivity index (χ0v) is 7.79. The van der Waals surface area contributed by atoms with Crippen LogP contribution in [0.5, 0.6) is 0 Å². The van der Waals surface area contributed by atoms with E-state index in [4.69, 9.17) is 4.84 Å². The molecule has 0 saturated heterocycles. The van der Waals surface area contributed by atoms with E-state index in [9.17, 15) is 4.79 Å². The van der Waals surface area contributed by atoms with Crippen molar-refractivity contribution in [2.75, 3.05) is 13.2 Å². The Morgan fingerprint density at radius 1 is 1.42 bits per heavy atom. The van der Waals surface area contributed by atoms with Gasteiger partial charge in [-0.15, -0.1) is 0 Å². The predicted octanol–water partition coefficient (Wildman–Crippen LogP) is 1.35. The van der Waals surface area contributed by atoms with E-state index in [0.717, 1.165) is 6.42 Å². The van der Waals surface area contributed by atoms with E-state index in [2.05, 4.69) is 9.89 Å². The van der Waals surface area contributed by atoms with E-state index in [1.165, 1.54) is 0 Å². The molecule has 0 atom stereocenters. The van der Waals surface area contributed by atoms with Crippen LogP contribution in [0.3, 0.4) is 0 Å². The minimum Gasteiger partial charge on any atom is -0.461 e. The predicted molar refractivity (Wildman–Crippen MR) is 46.0 cm³/mol. The molecule has 0 saturated carbocycles. The zero-order chi connectivity index (χ0) is 9.40. The van der Waals surface area contributed by atoms with Gasteiger partial charge in [-0.25, -0.2) is 4.79 Å². The highest BCUT2D eigenvalue weighted by Crippen LogP contribution is 1.87. The normalized spacial score (nSPS) is 11.1. The molecule has 0 radical (unpaired) electrons. The lowest BCUT2D eigenvalue weighted by Gasteiger charge is -2.00. The second-order valence-corrected chi connectivity index (χ2v) is 2.23. The van der Waals surface area contributed by atoms with Crippen LogP contribution in [0.4, 0.5) is 0 Å². The Bertz CT molecular complexity index is 166. The lowest BCUT2D eigenvalue weighted by Crippen LogP contribution is -2.14. The van der Waals surface area contributed by atoms with E-state index in [1.54, 1.807) is 13.8 Å². The summed E-state index contributed by atoms with van der Waals surface area (Å²) in [6.07, 6.45) is 0.875. The Balaban J connectivity index is 3.74. The highest BCUT2D eigenvalue weighted by atomic mass is 16.6. The van der Waals surface area contributed by atoms with Crippen molar-refractivity contribution in [1.29, 1.82) is 0 Å². The van der Waals surface area contributed by atoms with Gasteiger partial charge in [0.2, 0.25) is 0 Å². The number of hydrogen-bond acceptors (Lipinski definition) is 4. The van der Waals surface area contributed by atoms with Crippen LogP contribution >= 0.6 is 0 Å². The van der Waals surface area contributed by atoms with Gasteiger partial charge in [-0.05, 0) is 20.3 Å². The van der Waals surface area contributed by atoms with E-state index >= 15 is 0 Å². The average molecular weight is 173 g/mol. The maximum absolute atomic E-state index is 10.9. The molecule has 0 aliphatic rings. The summed E-state index contributed by atoms with van der Waals surface area (Å²) in [5.41, 5.74) is 0.255. The van der Waals surface area contributed by atoms with Crippen molar-refractivity contribution in [3.05, 3.63) is 0 Å². The molecule has 0 aromatic rings. The van der Waals surface area contributed by atoms with Crippen LogP contribution in [-0.4, -0.2) is 24.9 Å². The van der Waals surface area contributed by atoms with E-state index in [0.29, 0.717) is 13.2 Å². The minimum absolute atomic E-state index is 0.255. The topological polar surface area (TPSA) is 47.9 Å². The monoisotopic (exact) mass is 173 g/mol. The van der Waals surface area contributed by atoms with Gasteiger partial charge in [-0.2, -0.15) is 0 Å². The molecule has 4 heteroatoms. The SMILES string of the molecule is CCCO/N=C(/C)C(=O)OCC. The van der Waals surface area contributed by atoms with Gasteiger partial charge in [-0.3, -0.25) is 0 Å². The second-order valence-electron chi connectivity index (χ2n) is 2.23. The molecule has 0 aliphatic heterocycles. The van der Waals surface area contributed by atoms with Crippen LogP contribution in [0.2, 0.25) is 0 Å². The number of rotatable bonds is 5. The molecule has 0 aromatic heterocycles. The van der Waals surface area contributed by atoms with Crippen LogP contribution in [0.15, 0.2) is 5.16 Å². The molecule has 0 aliphatic carbocycles. The number of hydrogen-bond donors (Lipinski definition) is 0. The molecule has 12 heavy (non-hydrogen) atoms. The Kier molecular flexibility index (Phi) is 6.05. The number of esters is 1. The Morgan fingerprint density at radius 3 is 2.58 bits per heavy atom. The fraction of sp³-hybridized carbons (Fsp3) is 0.750. The molecular formula is C8H15NO3. The molecule has 0 aromatic carbocycles. The minimum atomic E-state index is -0.423. The number of nitrogens with zero attached hydrogens (tertiary/aromatic N) is 1. The number of carbonyl (C=O) groups excluding carboxylic acids is 1. The van der Waals surface area contributed by atoms with Gasteiger partial charge in [0.1, 0.15) is 6.61 Å². The molecule has 0 bridgehead atoms. The van der Waals surface area contributed by atoms with Gasteiger partial charge in [0.15, 0.2) is 5.71 Å². The molecule has 0 heterocycles. The first-order chi connectivity index (χ1) is 5.72. The second kappa shape index (κ2) is 6.64. The standard InChI is InChI=1S/C8H15NO3/c1-4-6-12-9-7(3)8(10)11-5-2/h4-6H2,1-3H3/b9-7-. The highest BCUT2D eigenvalue weighted by molar-refractivity contribution is 6.35. The fourth-order valence-corrected chi connectivity index (χ4v) is 0.507. The summed E-state index contributed by atoms with van der Waals surface area (Å²) in [6.45, 7) is 6.16. The summed E-state index contributed by atoms with van der Waals surface area (Å²) < 4.78 is 4.68. The van der Waals surface area contributed by atoms with Crippen LogP contribution < -0.4 is 0 Å². The van der Waals surface area contributed by atoms with Gasteiger partial charge in [0.25, 0.3) is 0 Å². The van der Waals surface area contributed by atoms with Gasteiger partial charge >= 0.3 is 5.97 Å². The van der Waals surface area contributed by atoms with Gasteiger partial charge in [0, 0.05) is 0 Å². The summed E-state index contributed by atoms with van der Waals surface area (Å²) in [7, 11) is 0. The van der Waals surface area contributed by atoms with Crippen LogP contribution in [0.25, 0.3) is 0 Å². The third-order valence-corrected chi connectivity index (χ3v) is 1.07. The maximum Gasteiger partial charge on any atom is 0.355 e. The highest BCUT2D eigenvalue weighted by Gasteiger charge is 2.05. The van der Waals surface area contributed by atoms with Crippen molar-refractivity contribution < 1.29 is 14.4 Å². The van der Waals surface area contributed by atoms with E-state index < -0.39 is 5.97 Å². The van der Waals surface area contributed by atoms with Crippen molar-refractivity contribution in [2.24, 2.45) is 5.16 Å². The molecule has 4 nitrogen and oxygen atoms in total. The maximum atomic E-state index is 10.9. The number of carbonyl (C=O) groups is 1. The molecule has 0 fully saturated rings. The van der Waals surface area contributed by atoms with Crippen LogP contribution in [0.1, 0.15) is 27.2 Å². The Hall–Kier alpha value is -1.06. The zero-order valence-electron chi connectivity index (χ0n) is 7.79. The summed E-state index contributed by atoms with van der Waals surface area (Å²) in [5.74, 6) is -0.423. The molecular weight excluding hydrogens is 158 g/mol. The van der Waals surface area contributed by atoms with Gasteiger partial charge < -0.3 is 9.57 Å². The van der Waals surface area contributed by atoms with E-state index in [-0.39, 0.29) is 5.71 Å². The quantitative estimate of drug-likeness (QED) is 0.273. The fourth-order valence-electron chi connectivity index (χ4n) is 0.507. The third kappa shape index (κ3) is 4.71. The van der Waals surface area contributed by atoms with Crippen LogP contribution in [0, 0.1) is 0 Å². The molecule has 0 N–H and O–H groups in total. The first-order valence-corrected chi connectivity index (χ1v) is 4.06. The number of oxime groups is 1. The molecule has 0 amide bonds. The lowest BCUT2D eigenvalue weighted by atomic mass is 10.4. The molecule has 0 spiro atoms. The average Bonchev–Trinajstić information content (AvgIpc) is 2.05. The number of ether oxygens (including phenoxy) is 1. The summed E-state index contributed by atoms with van der Waals surface area (Å²) in [6, 6.07) is 0. The van der Waals surface area contributed by atoms with Gasteiger partial charge in [0.05, 0.1) is 6.61 Å². The van der Waals surface area contributed by atoms with Crippen molar-refractivity contribution in [3.63, 3.8) is 0 Å². The summed E-state index contributed by atoms with van der Waals surface area (Å²) in [4.78, 5) is 15.7. The first-order valence-electron chi connectivity index (χ1n) is 4.06. The molecule has 0 unspecified atom stereocenters. The van der Waals surface area contributed by atoms with Crippen molar-refractivity contribution >= 4 is 11.7 Å². The largest absolute Gasteiger partial charge is 0.461 e. The lowest BCUT2D eigenvalue weighted by molar-refractivity contribution is -0.135. The van der Waals surface area contributed by atoms with E-state index in [1.807, 2.05) is 6.92 Å². The smallest absolute Gasteiger partial charge is 0.355 e. The van der Waals surface area contributed by atoms with Crippen molar-refractivity contribution in [3.8, 4) is 0 Å². The Morgan fingerprint density at radius 2 is 2.08 bits per heavy atom. The summed E-state index contributed by atoms with van der Waals surface area (Å²) >= 11 is 0. The van der Waals surface area contributed by atoms with Crippen LogP contribution in [-0.2, 0) is 14.4 Å². The molecule has 0 rings (SSSR count). The summed E-state index contributed by atoms with van der Waals surface area (Å²) in [5, 5.41) is 3.57. The Labute approximate surface area is 72.5 Å². The van der Waals surface area contributed by atoms with Gasteiger partial charge in [-0.1, -0.05) is 12.1 Å². The van der Waals surface area contributed by atoms with Crippen molar-refractivity contribution in [1.82, 2.24) is 0 Å². The third-order valence-electron chi connectivity index (χ3n) is 1.07. The first kappa shape index (κ1) is 10.9. The van der Waals surface area contributed by atoms with Crippen molar-refractivity contribution in [2.45, 2.75) is 27.2 Å².